The van der Waals surface area contributed by atoms with E-state index in [9.17, 15) is 36.2 Å². The predicted molar refractivity (Wildman–Crippen MR) is 128 cm³/mol. The zero-order chi connectivity index (χ0) is 29.6. The topological polar surface area (TPSA) is 107 Å². The number of carbonyl (C=O) groups is 1. The lowest BCUT2D eigenvalue weighted by atomic mass is 9.78. The maximum absolute atomic E-state index is 15.4. The number of nitrogens with zero attached hydrogens (tertiary/aromatic N) is 5. The summed E-state index contributed by atoms with van der Waals surface area (Å²) >= 11 is 0. The second kappa shape index (κ2) is 10.6. The van der Waals surface area contributed by atoms with Crippen molar-refractivity contribution in [1.29, 1.82) is 0 Å². The molecule has 1 aliphatic carbocycles. The number of hydrogen-bond donors (Lipinski definition) is 3. The number of aliphatic hydroxyl groups is 1. The lowest BCUT2D eigenvalue weighted by Crippen LogP contribution is -2.60. The summed E-state index contributed by atoms with van der Waals surface area (Å²) in [5.41, 5.74) is -2.36. The zero-order valence-corrected chi connectivity index (χ0v) is 21.4. The van der Waals surface area contributed by atoms with Crippen molar-refractivity contribution < 1.29 is 40.6 Å². The van der Waals surface area contributed by atoms with Gasteiger partial charge in [0.1, 0.15) is 11.5 Å². The molecule has 1 fully saturated rings. The van der Waals surface area contributed by atoms with Gasteiger partial charge in [-0.3, -0.25) is 9.48 Å². The number of rotatable bonds is 9. The molecule has 3 N–H and O–H groups in total. The third kappa shape index (κ3) is 6.01. The van der Waals surface area contributed by atoms with E-state index in [0.29, 0.717) is 17.5 Å². The lowest BCUT2D eigenvalue weighted by Gasteiger charge is -2.42. The van der Waals surface area contributed by atoms with Crippen molar-refractivity contribution >= 4 is 11.5 Å². The number of halogens is 7. The van der Waals surface area contributed by atoms with E-state index in [2.05, 4.69) is 21.0 Å². The van der Waals surface area contributed by atoms with Crippen molar-refractivity contribution in [2.45, 2.75) is 75.7 Å². The Hall–Kier alpha value is -3.69. The summed E-state index contributed by atoms with van der Waals surface area (Å²) in [6.45, 7) is 0.534. The fourth-order valence-corrected chi connectivity index (χ4v) is 5.02. The summed E-state index contributed by atoms with van der Waals surface area (Å²) in [4.78, 5) is 13.4. The highest BCUT2D eigenvalue weighted by atomic mass is 19.4. The van der Waals surface area contributed by atoms with E-state index in [1.54, 1.807) is 10.9 Å². The highest BCUT2D eigenvalue weighted by Crippen LogP contribution is 2.49. The molecule has 5 rings (SSSR count). The van der Waals surface area contributed by atoms with Crippen molar-refractivity contribution in [1.82, 2.24) is 25.5 Å². The number of aliphatic hydroxyl groups excluding tert-OH is 1. The summed E-state index contributed by atoms with van der Waals surface area (Å²) in [7, 11) is 0. The van der Waals surface area contributed by atoms with Crippen LogP contribution in [0.5, 0.6) is 0 Å². The molecule has 16 heteroatoms. The van der Waals surface area contributed by atoms with Gasteiger partial charge >= 0.3 is 12.4 Å². The van der Waals surface area contributed by atoms with Gasteiger partial charge in [0.2, 0.25) is 6.35 Å². The van der Waals surface area contributed by atoms with Crippen LogP contribution in [0.25, 0.3) is 5.57 Å². The van der Waals surface area contributed by atoms with Crippen LogP contribution in [0.15, 0.2) is 46.6 Å². The Morgan fingerprint density at radius 3 is 2.46 bits per heavy atom. The standard InChI is InChI=1S/C25H26F7N7O2/c26-18-11-14(3-1-2-9-24(27,28)29)6-7-17(18)23(25(30,31)32)12-16(19-8-10-38(35-19)13-15-4-5-15)20(21(40)33-23)39-22(41)34-36-37-39/h6-8,10-11,15,22,41H,1-5,9,12-13H2,(H,33,40)(H,34,37)/t22?,23-/m0/s1. The first kappa shape index (κ1) is 28.8. The quantitative estimate of drug-likeness (QED) is 0.286. The minimum atomic E-state index is -5.20. The number of carbonyl (C=O) groups excluding carboxylic acids is 1. The maximum atomic E-state index is 15.4. The highest BCUT2D eigenvalue weighted by molar-refractivity contribution is 6.03. The Morgan fingerprint density at radius 2 is 1.85 bits per heavy atom. The first-order valence-corrected chi connectivity index (χ1v) is 12.9. The molecule has 0 saturated heterocycles. The van der Waals surface area contributed by atoms with Gasteiger partial charge in [0.15, 0.2) is 5.54 Å². The monoisotopic (exact) mass is 589 g/mol. The molecule has 222 valence electrons. The number of aryl methyl sites for hydroxylation is 1. The smallest absolute Gasteiger partial charge is 0.354 e. The number of aromatic nitrogens is 2. The number of benzene rings is 1. The Bertz CT molecular complexity index is 1370. The van der Waals surface area contributed by atoms with Crippen molar-refractivity contribution in [3.63, 3.8) is 0 Å². The van der Waals surface area contributed by atoms with E-state index >= 15 is 4.39 Å². The van der Waals surface area contributed by atoms with Crippen molar-refractivity contribution in [3.8, 4) is 0 Å². The van der Waals surface area contributed by atoms with E-state index in [-0.39, 0.29) is 36.1 Å². The second-order valence-electron chi connectivity index (χ2n) is 10.4. The van der Waals surface area contributed by atoms with Crippen LogP contribution >= 0.6 is 0 Å². The van der Waals surface area contributed by atoms with Gasteiger partial charge in [-0.05, 0) is 60.9 Å². The van der Waals surface area contributed by atoms with Gasteiger partial charge in [-0.1, -0.05) is 17.4 Å². The van der Waals surface area contributed by atoms with Gasteiger partial charge in [-0.25, -0.2) is 9.82 Å². The van der Waals surface area contributed by atoms with E-state index in [1.165, 1.54) is 12.1 Å². The number of amides is 1. The third-order valence-electron chi connectivity index (χ3n) is 7.29. The van der Waals surface area contributed by atoms with E-state index in [1.807, 2.05) is 5.32 Å². The number of hydrogen-bond acceptors (Lipinski definition) is 7. The summed E-state index contributed by atoms with van der Waals surface area (Å²) in [5, 5.41) is 24.2. The van der Waals surface area contributed by atoms with Crippen molar-refractivity contribution in [2.24, 2.45) is 16.4 Å². The number of nitrogens with one attached hydrogen (secondary N) is 2. The molecular weight excluding hydrogens is 563 g/mol. The van der Waals surface area contributed by atoms with Crippen LogP contribution in [0.4, 0.5) is 30.7 Å². The van der Waals surface area contributed by atoms with Crippen LogP contribution in [0.3, 0.4) is 0 Å². The highest BCUT2D eigenvalue weighted by Gasteiger charge is 2.61. The first-order chi connectivity index (χ1) is 19.3. The Labute approximate surface area is 229 Å². The molecule has 1 unspecified atom stereocenters. The summed E-state index contributed by atoms with van der Waals surface area (Å²) in [5.74, 6) is -2.18. The summed E-state index contributed by atoms with van der Waals surface area (Å²) in [6.07, 6.45) is -9.78. The first-order valence-electron chi connectivity index (χ1n) is 12.9. The molecule has 2 aliphatic heterocycles. The fraction of sp³-hybridized carbons (Fsp3) is 0.520. The van der Waals surface area contributed by atoms with E-state index in [4.69, 9.17) is 0 Å². The van der Waals surface area contributed by atoms with Crippen LogP contribution in [0.1, 0.15) is 55.3 Å². The van der Waals surface area contributed by atoms with Crippen molar-refractivity contribution in [3.05, 3.63) is 58.8 Å². The summed E-state index contributed by atoms with van der Waals surface area (Å²) in [6, 6.07) is 4.37. The Balaban J connectivity index is 1.52. The summed E-state index contributed by atoms with van der Waals surface area (Å²) < 4.78 is 98.9. The zero-order valence-electron chi connectivity index (χ0n) is 21.4. The van der Waals surface area contributed by atoms with Gasteiger partial charge in [0.25, 0.3) is 5.91 Å². The molecule has 3 heterocycles. The minimum absolute atomic E-state index is 0.0140. The molecule has 1 aromatic heterocycles. The Morgan fingerprint density at radius 1 is 1.10 bits per heavy atom. The van der Waals surface area contributed by atoms with Crippen LogP contribution in [-0.4, -0.2) is 44.5 Å². The minimum Gasteiger partial charge on any atom is -0.354 e. The van der Waals surface area contributed by atoms with Gasteiger partial charge in [-0.2, -0.15) is 36.5 Å². The molecule has 1 amide bonds. The lowest BCUT2D eigenvalue weighted by molar-refractivity contribution is -0.203. The van der Waals surface area contributed by atoms with Crippen LogP contribution < -0.4 is 10.7 Å². The number of unbranched alkanes of at least 4 members (excludes halogenated alkanes) is 1. The average molecular weight is 590 g/mol. The molecule has 1 saturated carbocycles. The molecule has 2 atom stereocenters. The molecule has 3 aliphatic rings. The predicted octanol–water partition coefficient (Wildman–Crippen LogP) is 4.86. The molecular formula is C25H26F7N7O2. The largest absolute Gasteiger partial charge is 0.416 e. The van der Waals surface area contributed by atoms with Crippen LogP contribution in [0, 0.1) is 11.7 Å². The van der Waals surface area contributed by atoms with Gasteiger partial charge in [-0.15, -0.1) is 0 Å². The molecule has 0 radical (unpaired) electrons. The molecule has 41 heavy (non-hydrogen) atoms. The van der Waals surface area contributed by atoms with Gasteiger partial charge in [0, 0.05) is 36.7 Å². The van der Waals surface area contributed by atoms with Crippen molar-refractivity contribution in [2.75, 3.05) is 0 Å². The van der Waals surface area contributed by atoms with Crippen LogP contribution in [0.2, 0.25) is 0 Å². The third-order valence-corrected chi connectivity index (χ3v) is 7.29. The molecule has 0 bridgehead atoms. The van der Waals surface area contributed by atoms with Crippen LogP contribution in [-0.2, 0) is 23.3 Å². The molecule has 0 spiro atoms. The molecule has 2 aromatic rings. The van der Waals surface area contributed by atoms with E-state index in [0.717, 1.165) is 25.0 Å². The van der Waals surface area contributed by atoms with E-state index < -0.39 is 60.1 Å². The second-order valence-corrected chi connectivity index (χ2v) is 10.4. The Kier molecular flexibility index (Phi) is 7.46. The fourth-order valence-electron chi connectivity index (χ4n) is 5.02. The molecule has 1 aromatic carbocycles. The molecule has 9 nitrogen and oxygen atoms in total. The SMILES string of the molecule is O=C1N[C@@](c2ccc(CCCCC(F)(F)F)cc2F)(C(F)(F)F)CC(c2ccn(CC3CC3)n2)=C1N1N=NNC1O. The average Bonchev–Trinajstić information content (AvgIpc) is 3.39. The maximum Gasteiger partial charge on any atom is 0.416 e. The number of alkyl halides is 6. The normalized spacial score (nSPS) is 23.3. The van der Waals surface area contributed by atoms with Gasteiger partial charge in [0.05, 0.1) is 5.69 Å². The van der Waals surface area contributed by atoms with Gasteiger partial charge < -0.3 is 10.4 Å².